The molecule has 0 fully saturated rings. The van der Waals surface area contributed by atoms with Gasteiger partial charge in [-0.05, 0) is 12.1 Å². The van der Waals surface area contributed by atoms with Crippen molar-refractivity contribution in [2.24, 2.45) is 0 Å². The van der Waals surface area contributed by atoms with Crippen LogP contribution in [0.2, 0.25) is 0 Å². The predicted molar refractivity (Wildman–Crippen MR) is 82.0 cm³/mol. The lowest BCUT2D eigenvalue weighted by Gasteiger charge is -2.17. The highest BCUT2D eigenvalue weighted by Crippen LogP contribution is 2.20. The molecule has 0 radical (unpaired) electrons. The van der Waals surface area contributed by atoms with E-state index < -0.39 is 9.85 Å². The second-order valence-corrected chi connectivity index (χ2v) is 4.85. The first-order valence-corrected chi connectivity index (χ1v) is 6.62. The molecule has 8 nitrogen and oxygen atoms in total. The van der Waals surface area contributed by atoms with Crippen LogP contribution in [-0.2, 0) is 6.54 Å². The van der Waals surface area contributed by atoms with E-state index in [1.54, 1.807) is 18.2 Å². The van der Waals surface area contributed by atoms with Gasteiger partial charge in [0.2, 0.25) is 0 Å². The molecule has 8 heteroatoms. The molecular weight excluding hydrogens is 302 g/mol. The highest BCUT2D eigenvalue weighted by Gasteiger charge is 2.18. The van der Waals surface area contributed by atoms with Crippen molar-refractivity contribution in [1.82, 2.24) is 4.90 Å². The van der Waals surface area contributed by atoms with Gasteiger partial charge in [0.25, 0.3) is 17.3 Å². The van der Waals surface area contributed by atoms with Crippen LogP contribution in [0.4, 0.5) is 11.4 Å². The topological polar surface area (TPSA) is 107 Å². The second kappa shape index (κ2) is 6.65. The third kappa shape index (κ3) is 3.67. The fourth-order valence-electron chi connectivity index (χ4n) is 2.10. The zero-order valence-electron chi connectivity index (χ0n) is 12.2. The summed E-state index contributed by atoms with van der Waals surface area (Å²) >= 11 is 0. The largest absolute Gasteiger partial charge is 0.337 e. The summed E-state index contributed by atoms with van der Waals surface area (Å²) in [6.07, 6.45) is 0. The molecule has 0 aliphatic heterocycles. The van der Waals surface area contributed by atoms with Crippen LogP contribution < -0.4 is 0 Å². The van der Waals surface area contributed by atoms with Crippen LogP contribution >= 0.6 is 0 Å². The first-order valence-electron chi connectivity index (χ1n) is 6.62. The fourth-order valence-corrected chi connectivity index (χ4v) is 2.10. The van der Waals surface area contributed by atoms with Crippen LogP contribution in [0, 0.1) is 20.2 Å². The van der Waals surface area contributed by atoms with Crippen molar-refractivity contribution in [3.8, 4) is 0 Å². The maximum absolute atomic E-state index is 12.3. The molecule has 0 bridgehead atoms. The van der Waals surface area contributed by atoms with Gasteiger partial charge >= 0.3 is 0 Å². The van der Waals surface area contributed by atoms with Crippen molar-refractivity contribution in [1.29, 1.82) is 0 Å². The van der Waals surface area contributed by atoms with E-state index in [1.807, 2.05) is 0 Å². The van der Waals surface area contributed by atoms with Gasteiger partial charge in [-0.3, -0.25) is 25.0 Å². The quantitative estimate of drug-likeness (QED) is 0.623. The first-order chi connectivity index (χ1) is 10.9. The van der Waals surface area contributed by atoms with Gasteiger partial charge in [-0.25, -0.2) is 0 Å². The van der Waals surface area contributed by atoms with E-state index in [9.17, 15) is 25.0 Å². The van der Waals surface area contributed by atoms with Crippen LogP contribution in [0.3, 0.4) is 0 Å². The molecule has 0 aliphatic carbocycles. The Balaban J connectivity index is 2.17. The number of benzene rings is 2. The van der Waals surface area contributed by atoms with Gasteiger partial charge in [-0.1, -0.05) is 18.2 Å². The Morgan fingerprint density at radius 3 is 2.17 bits per heavy atom. The van der Waals surface area contributed by atoms with Crippen LogP contribution in [0.15, 0.2) is 48.5 Å². The predicted octanol–water partition coefficient (Wildman–Crippen LogP) is 2.78. The van der Waals surface area contributed by atoms with Crippen LogP contribution in [0.5, 0.6) is 0 Å². The van der Waals surface area contributed by atoms with Crippen LogP contribution in [0.25, 0.3) is 0 Å². The van der Waals surface area contributed by atoms with Crippen molar-refractivity contribution in [3.05, 3.63) is 79.9 Å². The number of carbonyl (C=O) groups excluding carboxylic acids is 1. The van der Waals surface area contributed by atoms with E-state index >= 15 is 0 Å². The van der Waals surface area contributed by atoms with Gasteiger partial charge in [0, 0.05) is 36.4 Å². The monoisotopic (exact) mass is 315 g/mol. The third-order valence-electron chi connectivity index (χ3n) is 3.27. The number of nitro groups is 2. The Hall–Kier alpha value is -3.29. The lowest BCUT2D eigenvalue weighted by molar-refractivity contribution is -0.385. The Kier molecular flexibility index (Phi) is 4.65. The summed E-state index contributed by atoms with van der Waals surface area (Å²) in [5, 5.41) is 21.6. The smallest absolute Gasteiger partial charge is 0.274 e. The minimum Gasteiger partial charge on any atom is -0.337 e. The Labute approximate surface area is 131 Å². The minimum absolute atomic E-state index is 0.0594. The Morgan fingerprint density at radius 2 is 1.61 bits per heavy atom. The summed E-state index contributed by atoms with van der Waals surface area (Å²) in [6, 6.07) is 11.4. The second-order valence-electron chi connectivity index (χ2n) is 4.85. The summed E-state index contributed by atoms with van der Waals surface area (Å²) in [4.78, 5) is 34.2. The SMILES string of the molecule is CN(Cc1ccccc1[N+](=O)[O-])C(=O)c1ccc([N+](=O)[O-])cc1. The highest BCUT2D eigenvalue weighted by molar-refractivity contribution is 5.94. The maximum Gasteiger partial charge on any atom is 0.274 e. The van der Waals surface area contributed by atoms with Crippen LogP contribution in [-0.4, -0.2) is 27.7 Å². The van der Waals surface area contributed by atoms with Gasteiger partial charge in [-0.2, -0.15) is 0 Å². The molecule has 2 aromatic rings. The molecule has 0 heterocycles. The number of non-ortho nitro benzene ring substituents is 1. The molecular formula is C15H13N3O5. The molecule has 2 rings (SSSR count). The van der Waals surface area contributed by atoms with Crippen LogP contribution in [0.1, 0.15) is 15.9 Å². The molecule has 0 atom stereocenters. The Morgan fingerprint density at radius 1 is 1.00 bits per heavy atom. The zero-order valence-corrected chi connectivity index (χ0v) is 12.2. The summed E-state index contributed by atoms with van der Waals surface area (Å²) in [7, 11) is 1.51. The van der Waals surface area contributed by atoms with Gasteiger partial charge in [0.1, 0.15) is 0 Å². The fraction of sp³-hybridized carbons (Fsp3) is 0.133. The average Bonchev–Trinajstić information content (AvgIpc) is 2.54. The summed E-state index contributed by atoms with van der Waals surface area (Å²) in [5.41, 5.74) is 0.519. The summed E-state index contributed by atoms with van der Waals surface area (Å²) < 4.78 is 0. The van der Waals surface area contributed by atoms with Crippen molar-refractivity contribution >= 4 is 17.3 Å². The number of rotatable bonds is 5. The number of nitrogens with zero attached hydrogens (tertiary/aromatic N) is 3. The van der Waals surface area contributed by atoms with Crippen molar-refractivity contribution in [3.63, 3.8) is 0 Å². The number of para-hydroxylation sites is 1. The van der Waals surface area contributed by atoms with E-state index in [0.29, 0.717) is 5.56 Å². The van der Waals surface area contributed by atoms with Crippen molar-refractivity contribution in [2.45, 2.75) is 6.54 Å². The van der Waals surface area contributed by atoms with E-state index in [4.69, 9.17) is 0 Å². The van der Waals surface area contributed by atoms with E-state index in [-0.39, 0.29) is 29.4 Å². The lowest BCUT2D eigenvalue weighted by atomic mass is 10.1. The number of nitro benzene ring substituents is 2. The molecule has 0 unspecified atom stereocenters. The van der Waals surface area contributed by atoms with E-state index in [0.717, 1.165) is 0 Å². The molecule has 0 N–H and O–H groups in total. The molecule has 0 saturated carbocycles. The normalized spacial score (nSPS) is 10.1. The average molecular weight is 315 g/mol. The van der Waals surface area contributed by atoms with Gasteiger partial charge in [0.15, 0.2) is 0 Å². The standard InChI is InChI=1S/C15H13N3O5/c1-16(10-12-4-2-3-5-14(12)18(22)23)15(19)11-6-8-13(9-7-11)17(20)21/h2-9H,10H2,1H3. The molecule has 1 amide bonds. The summed E-state index contributed by atoms with van der Waals surface area (Å²) in [5.74, 6) is -0.377. The number of hydrogen-bond acceptors (Lipinski definition) is 5. The van der Waals surface area contributed by atoms with E-state index in [1.165, 1.54) is 42.3 Å². The molecule has 0 spiro atoms. The number of amides is 1. The molecule has 118 valence electrons. The number of hydrogen-bond donors (Lipinski definition) is 0. The van der Waals surface area contributed by atoms with Gasteiger partial charge in [-0.15, -0.1) is 0 Å². The molecule has 2 aromatic carbocycles. The van der Waals surface area contributed by atoms with Gasteiger partial charge in [0.05, 0.1) is 16.4 Å². The van der Waals surface area contributed by atoms with Crippen molar-refractivity contribution < 1.29 is 14.6 Å². The minimum atomic E-state index is -0.550. The highest BCUT2D eigenvalue weighted by atomic mass is 16.6. The summed E-state index contributed by atoms with van der Waals surface area (Å²) in [6.45, 7) is 0.0625. The molecule has 0 saturated heterocycles. The zero-order chi connectivity index (χ0) is 17.0. The molecule has 0 aromatic heterocycles. The van der Waals surface area contributed by atoms with E-state index in [2.05, 4.69) is 0 Å². The van der Waals surface area contributed by atoms with Crippen molar-refractivity contribution in [2.75, 3.05) is 7.05 Å². The lowest BCUT2D eigenvalue weighted by Crippen LogP contribution is -2.26. The molecule has 23 heavy (non-hydrogen) atoms. The Bertz CT molecular complexity index is 758. The molecule has 0 aliphatic rings. The number of carbonyl (C=O) groups is 1. The first kappa shape index (κ1) is 16.1. The van der Waals surface area contributed by atoms with Gasteiger partial charge < -0.3 is 4.90 Å². The maximum atomic E-state index is 12.3. The third-order valence-corrected chi connectivity index (χ3v) is 3.27.